The van der Waals surface area contributed by atoms with Crippen LogP contribution in [0.4, 0.5) is 0 Å². The number of aryl methyl sites for hydroxylation is 2. The zero-order chi connectivity index (χ0) is 14.2. The first-order chi connectivity index (χ1) is 8.91. The number of rotatable bonds is 2. The number of carbonyl (C=O) groups is 1. The Morgan fingerprint density at radius 2 is 2.11 bits per heavy atom. The van der Waals surface area contributed by atoms with Gasteiger partial charge in [-0.25, -0.2) is 0 Å². The fourth-order valence-corrected chi connectivity index (χ4v) is 3.42. The average molecular weight is 328 g/mol. The molecular weight excluding hydrogens is 306 g/mol. The average Bonchev–Trinajstić information content (AvgIpc) is 2.59. The highest BCUT2D eigenvalue weighted by Gasteiger charge is 2.29. The summed E-state index contributed by atoms with van der Waals surface area (Å²) in [5.74, 6) is 1.18. The summed E-state index contributed by atoms with van der Waals surface area (Å²) in [5, 5.41) is 7.45. The maximum atomic E-state index is 12.4. The van der Waals surface area contributed by atoms with Crippen LogP contribution < -0.4 is 5.32 Å². The number of hydrogen-bond acceptors (Lipinski definition) is 2. The molecule has 1 aliphatic rings. The molecule has 5 heteroatoms. The minimum atomic E-state index is -0.0269. The topological polar surface area (TPSA) is 46.9 Å². The summed E-state index contributed by atoms with van der Waals surface area (Å²) in [6.07, 6.45) is 3.54. The molecule has 1 aliphatic carbocycles. The van der Waals surface area contributed by atoms with E-state index >= 15 is 0 Å². The zero-order valence-corrected chi connectivity index (χ0v) is 13.6. The second-order valence-corrected chi connectivity index (χ2v) is 6.51. The van der Waals surface area contributed by atoms with Gasteiger partial charge in [-0.05, 0) is 41.1 Å². The molecular formula is C14H22BrN3O. The van der Waals surface area contributed by atoms with Crippen LogP contribution in [0.1, 0.15) is 49.3 Å². The Labute approximate surface area is 123 Å². The van der Waals surface area contributed by atoms with Crippen molar-refractivity contribution >= 4 is 21.8 Å². The van der Waals surface area contributed by atoms with Gasteiger partial charge in [0, 0.05) is 13.1 Å². The van der Waals surface area contributed by atoms with E-state index in [0.29, 0.717) is 17.5 Å². The monoisotopic (exact) mass is 327 g/mol. The van der Waals surface area contributed by atoms with Crippen molar-refractivity contribution in [2.24, 2.45) is 18.9 Å². The highest BCUT2D eigenvalue weighted by atomic mass is 79.9. The predicted octanol–water partition coefficient (Wildman–Crippen LogP) is 3.05. The van der Waals surface area contributed by atoms with Crippen LogP contribution in [0.3, 0.4) is 0 Å². The summed E-state index contributed by atoms with van der Waals surface area (Å²) in [6.45, 7) is 6.40. The van der Waals surface area contributed by atoms with Gasteiger partial charge in [0.25, 0.3) is 5.91 Å². The Morgan fingerprint density at radius 1 is 1.42 bits per heavy atom. The van der Waals surface area contributed by atoms with Gasteiger partial charge in [0.05, 0.1) is 10.2 Å². The molecule has 0 bridgehead atoms. The lowest BCUT2D eigenvalue weighted by molar-refractivity contribution is 0.0880. The summed E-state index contributed by atoms with van der Waals surface area (Å²) in [5.41, 5.74) is 1.46. The summed E-state index contributed by atoms with van der Waals surface area (Å²) in [6, 6.07) is 0.276. The first-order valence-electron chi connectivity index (χ1n) is 6.91. The lowest BCUT2D eigenvalue weighted by atomic mass is 9.78. The molecule has 4 nitrogen and oxygen atoms in total. The van der Waals surface area contributed by atoms with Gasteiger partial charge in [-0.1, -0.05) is 26.7 Å². The summed E-state index contributed by atoms with van der Waals surface area (Å²) < 4.78 is 2.44. The standard InChI is InChI=1S/C14H22BrN3O/c1-8-6-5-7-11(9(8)2)16-14(19)13-12(15)10(3)17-18(13)4/h8-9,11H,5-7H2,1-4H3,(H,16,19)/t8-,9-,11-/m0/s1. The van der Waals surface area contributed by atoms with Crippen LogP contribution in [0.5, 0.6) is 0 Å². The Bertz CT molecular complexity index is 483. The lowest BCUT2D eigenvalue weighted by Gasteiger charge is -2.34. The van der Waals surface area contributed by atoms with Gasteiger partial charge < -0.3 is 5.32 Å². The molecule has 0 spiro atoms. The Kier molecular flexibility index (Phi) is 4.33. The zero-order valence-electron chi connectivity index (χ0n) is 12.0. The van der Waals surface area contributed by atoms with Gasteiger partial charge in [0.1, 0.15) is 5.69 Å². The molecule has 0 aliphatic heterocycles. The fourth-order valence-electron chi connectivity index (χ4n) is 2.90. The lowest BCUT2D eigenvalue weighted by Crippen LogP contribution is -2.44. The van der Waals surface area contributed by atoms with E-state index in [0.717, 1.165) is 16.6 Å². The van der Waals surface area contributed by atoms with E-state index in [2.05, 4.69) is 40.2 Å². The van der Waals surface area contributed by atoms with E-state index in [9.17, 15) is 4.79 Å². The van der Waals surface area contributed by atoms with Crippen molar-refractivity contribution in [3.63, 3.8) is 0 Å². The summed E-state index contributed by atoms with van der Waals surface area (Å²) in [4.78, 5) is 12.4. The number of hydrogen-bond donors (Lipinski definition) is 1. The van der Waals surface area contributed by atoms with Crippen LogP contribution in [-0.2, 0) is 7.05 Å². The quantitative estimate of drug-likeness (QED) is 0.907. The number of aromatic nitrogens is 2. The Balaban J connectivity index is 2.12. The van der Waals surface area contributed by atoms with Crippen molar-refractivity contribution in [2.45, 2.75) is 46.1 Å². The highest BCUT2D eigenvalue weighted by Crippen LogP contribution is 2.30. The molecule has 19 heavy (non-hydrogen) atoms. The van der Waals surface area contributed by atoms with E-state index in [1.807, 2.05) is 6.92 Å². The van der Waals surface area contributed by atoms with Crippen LogP contribution in [0.2, 0.25) is 0 Å². The van der Waals surface area contributed by atoms with E-state index in [4.69, 9.17) is 0 Å². The van der Waals surface area contributed by atoms with Gasteiger partial charge in [-0.15, -0.1) is 0 Å². The normalized spacial score (nSPS) is 27.3. The molecule has 0 unspecified atom stereocenters. The van der Waals surface area contributed by atoms with Gasteiger partial charge in [0.15, 0.2) is 0 Å². The van der Waals surface area contributed by atoms with Crippen molar-refractivity contribution in [3.05, 3.63) is 15.9 Å². The van der Waals surface area contributed by atoms with E-state index in [1.54, 1.807) is 11.7 Å². The molecule has 0 aromatic carbocycles. The molecule has 0 saturated heterocycles. The summed E-state index contributed by atoms with van der Waals surface area (Å²) in [7, 11) is 1.81. The van der Waals surface area contributed by atoms with Crippen LogP contribution >= 0.6 is 15.9 Å². The number of carbonyl (C=O) groups excluding carboxylic acids is 1. The first-order valence-corrected chi connectivity index (χ1v) is 7.71. The SMILES string of the molecule is Cc1nn(C)c(C(=O)N[C@H]2CCC[C@H](C)[C@@H]2C)c1Br. The van der Waals surface area contributed by atoms with Gasteiger partial charge >= 0.3 is 0 Å². The molecule has 1 aromatic rings. The Morgan fingerprint density at radius 3 is 2.68 bits per heavy atom. The van der Waals surface area contributed by atoms with Gasteiger partial charge in [-0.2, -0.15) is 5.10 Å². The number of nitrogens with zero attached hydrogens (tertiary/aromatic N) is 2. The van der Waals surface area contributed by atoms with Crippen molar-refractivity contribution in [1.82, 2.24) is 15.1 Å². The van der Waals surface area contributed by atoms with E-state index < -0.39 is 0 Å². The van der Waals surface area contributed by atoms with Gasteiger partial charge in [-0.3, -0.25) is 9.48 Å². The van der Waals surface area contributed by atoms with E-state index in [-0.39, 0.29) is 11.9 Å². The maximum Gasteiger partial charge on any atom is 0.270 e. The molecule has 1 aromatic heterocycles. The van der Waals surface area contributed by atoms with Crippen molar-refractivity contribution in [3.8, 4) is 0 Å². The fraction of sp³-hybridized carbons (Fsp3) is 0.714. The van der Waals surface area contributed by atoms with Crippen LogP contribution in [0.25, 0.3) is 0 Å². The third-order valence-electron chi connectivity index (χ3n) is 4.39. The van der Waals surface area contributed by atoms with Crippen LogP contribution in [-0.4, -0.2) is 21.7 Å². The third-order valence-corrected chi connectivity index (χ3v) is 5.34. The molecule has 1 amide bonds. The molecule has 106 valence electrons. The molecule has 1 heterocycles. The molecule has 3 atom stereocenters. The molecule has 1 fully saturated rings. The van der Waals surface area contributed by atoms with Crippen molar-refractivity contribution in [1.29, 1.82) is 0 Å². The van der Waals surface area contributed by atoms with Crippen molar-refractivity contribution < 1.29 is 4.79 Å². The van der Waals surface area contributed by atoms with Crippen LogP contribution in [0, 0.1) is 18.8 Å². The smallest absolute Gasteiger partial charge is 0.270 e. The molecule has 1 N–H and O–H groups in total. The number of halogens is 1. The van der Waals surface area contributed by atoms with Crippen molar-refractivity contribution in [2.75, 3.05) is 0 Å². The Hall–Kier alpha value is -0.840. The predicted molar refractivity (Wildman–Crippen MR) is 79.1 cm³/mol. The molecule has 0 radical (unpaired) electrons. The number of nitrogens with one attached hydrogen (secondary N) is 1. The first kappa shape index (κ1) is 14.6. The van der Waals surface area contributed by atoms with E-state index in [1.165, 1.54) is 12.8 Å². The second kappa shape index (κ2) is 5.65. The second-order valence-electron chi connectivity index (χ2n) is 5.72. The largest absolute Gasteiger partial charge is 0.348 e. The minimum Gasteiger partial charge on any atom is -0.348 e. The molecule has 1 saturated carbocycles. The van der Waals surface area contributed by atoms with Gasteiger partial charge in [0.2, 0.25) is 0 Å². The highest BCUT2D eigenvalue weighted by molar-refractivity contribution is 9.10. The number of amides is 1. The minimum absolute atomic E-state index is 0.0269. The maximum absolute atomic E-state index is 12.4. The third kappa shape index (κ3) is 2.86. The van der Waals surface area contributed by atoms with Crippen LogP contribution in [0.15, 0.2) is 4.47 Å². The summed E-state index contributed by atoms with van der Waals surface area (Å²) >= 11 is 3.45. The molecule has 2 rings (SSSR count).